The van der Waals surface area contributed by atoms with E-state index in [1.807, 2.05) is 0 Å². The zero-order valence-electron chi connectivity index (χ0n) is 14.7. The highest BCUT2D eigenvalue weighted by molar-refractivity contribution is 7.33. The Labute approximate surface area is 147 Å². The predicted molar refractivity (Wildman–Crippen MR) is 107 cm³/mol. The third-order valence-corrected chi connectivity index (χ3v) is 8.77. The first-order valence-corrected chi connectivity index (χ1v) is 12.5. The Balaban J connectivity index is 2.13. The van der Waals surface area contributed by atoms with E-state index in [1.54, 1.807) is 0 Å². The smallest absolute Gasteiger partial charge is 0.155 e. The summed E-state index contributed by atoms with van der Waals surface area (Å²) in [5, 5.41) is 2.61. The van der Waals surface area contributed by atoms with E-state index in [0.717, 1.165) is 0 Å². The summed E-state index contributed by atoms with van der Waals surface area (Å²) in [7, 11) is -2.09. The molecule has 0 spiro atoms. The maximum atomic E-state index is 7.04. The van der Waals surface area contributed by atoms with Gasteiger partial charge in [0.05, 0.1) is 0 Å². The summed E-state index contributed by atoms with van der Waals surface area (Å²) in [6.45, 7) is 6.71. The number of rotatable bonds is 8. The molecule has 0 unspecified atom stereocenters. The van der Waals surface area contributed by atoms with Gasteiger partial charge in [0.25, 0.3) is 0 Å². The van der Waals surface area contributed by atoms with Gasteiger partial charge in [-0.3, -0.25) is 0 Å². The van der Waals surface area contributed by atoms with Crippen molar-refractivity contribution < 1.29 is 0 Å². The predicted octanol–water partition coefficient (Wildman–Crippen LogP) is 5.30. The maximum absolute atomic E-state index is 7.04. The summed E-state index contributed by atoms with van der Waals surface area (Å²) in [6.07, 6.45) is 7.34. The Morgan fingerprint density at radius 2 is 1.04 bits per heavy atom. The van der Waals surface area contributed by atoms with Gasteiger partial charge in [-0.25, -0.2) is 0 Å². The highest BCUT2D eigenvalue weighted by atomic mass is 35.6. The van der Waals surface area contributed by atoms with Crippen molar-refractivity contribution in [3.05, 3.63) is 59.7 Å². The molecule has 0 heterocycles. The zero-order valence-corrected chi connectivity index (χ0v) is 16.5. The largest absolute Gasteiger partial charge is 0.214 e. The number of benzene rings is 2. The molecule has 2 aromatic rings. The van der Waals surface area contributed by atoms with Gasteiger partial charge in [0.2, 0.25) is 7.38 Å². The minimum Gasteiger partial charge on any atom is -0.155 e. The van der Waals surface area contributed by atoms with Gasteiger partial charge in [0, 0.05) is 0 Å². The average Bonchev–Trinajstić information content (AvgIpc) is 2.59. The minimum absolute atomic E-state index is 1.17. The summed E-state index contributed by atoms with van der Waals surface area (Å²) in [5.74, 6) is 0. The summed E-state index contributed by atoms with van der Waals surface area (Å²) in [6, 6.07) is 18.0. The molecule has 0 aliphatic rings. The average molecular weight is 345 g/mol. The Hall–Kier alpha value is -1.05. The lowest BCUT2D eigenvalue weighted by atomic mass is 10.1. The summed E-state index contributed by atoms with van der Waals surface area (Å²) in [4.78, 5) is 0. The molecular formula is C21H29ClSi. The van der Waals surface area contributed by atoms with E-state index in [-0.39, 0.29) is 0 Å². The highest BCUT2D eigenvalue weighted by Crippen LogP contribution is 2.13. The summed E-state index contributed by atoms with van der Waals surface area (Å²) < 4.78 is 0. The Morgan fingerprint density at radius 1 is 0.696 bits per heavy atom. The van der Waals surface area contributed by atoms with E-state index in [2.05, 4.69) is 68.9 Å². The molecule has 0 aliphatic carbocycles. The van der Waals surface area contributed by atoms with E-state index < -0.39 is 7.38 Å². The summed E-state index contributed by atoms with van der Waals surface area (Å²) in [5.41, 5.74) is 2.85. The van der Waals surface area contributed by atoms with Crippen molar-refractivity contribution >= 4 is 28.8 Å². The van der Waals surface area contributed by atoms with Gasteiger partial charge in [-0.15, -0.1) is 0 Å². The van der Waals surface area contributed by atoms with Crippen LogP contribution in [0.2, 0.25) is 6.55 Å². The third kappa shape index (κ3) is 4.96. The fraction of sp³-hybridized carbons (Fsp3) is 0.429. The standard InChI is InChI=1S/C21H29ClSi/c1-4-6-8-18-10-14-20(15-11-18)23(3,22)21-16-12-19(13-17-21)9-7-5-2/h10-17H,4-9H2,1-3H3. The first-order chi connectivity index (χ1) is 11.1. The Kier molecular flexibility index (Phi) is 6.92. The van der Waals surface area contributed by atoms with Crippen molar-refractivity contribution in [3.8, 4) is 0 Å². The van der Waals surface area contributed by atoms with Gasteiger partial charge >= 0.3 is 0 Å². The third-order valence-electron chi connectivity index (χ3n) is 4.63. The van der Waals surface area contributed by atoms with Crippen molar-refractivity contribution in [3.63, 3.8) is 0 Å². The molecule has 23 heavy (non-hydrogen) atoms. The first kappa shape index (κ1) is 18.3. The first-order valence-electron chi connectivity index (χ1n) is 8.95. The number of halogens is 1. The van der Waals surface area contributed by atoms with Crippen molar-refractivity contribution in [1.29, 1.82) is 0 Å². The van der Waals surface area contributed by atoms with Crippen LogP contribution in [-0.2, 0) is 12.8 Å². The van der Waals surface area contributed by atoms with Crippen molar-refractivity contribution in [1.82, 2.24) is 0 Å². The molecule has 0 bridgehead atoms. The lowest BCUT2D eigenvalue weighted by molar-refractivity contribution is 0.795. The lowest BCUT2D eigenvalue weighted by Crippen LogP contribution is -2.50. The van der Waals surface area contributed by atoms with Gasteiger partial charge < -0.3 is 0 Å². The minimum atomic E-state index is -2.09. The maximum Gasteiger partial charge on any atom is 0.214 e. The van der Waals surface area contributed by atoms with Gasteiger partial charge in [0.15, 0.2) is 0 Å². The number of aryl methyl sites for hydroxylation is 2. The number of hydrogen-bond acceptors (Lipinski definition) is 0. The van der Waals surface area contributed by atoms with E-state index in [9.17, 15) is 0 Å². The van der Waals surface area contributed by atoms with Gasteiger partial charge in [-0.1, -0.05) is 75.2 Å². The van der Waals surface area contributed by atoms with E-state index in [0.29, 0.717) is 0 Å². The van der Waals surface area contributed by atoms with Crippen molar-refractivity contribution in [2.24, 2.45) is 0 Å². The molecule has 2 aromatic carbocycles. The molecule has 0 aliphatic heterocycles. The van der Waals surface area contributed by atoms with Crippen LogP contribution in [-0.4, -0.2) is 7.38 Å². The second-order valence-electron chi connectivity index (χ2n) is 6.60. The summed E-state index contributed by atoms with van der Waals surface area (Å²) >= 11 is 7.04. The fourth-order valence-electron chi connectivity index (χ4n) is 2.90. The molecule has 0 amide bonds. The number of hydrogen-bond donors (Lipinski definition) is 0. The van der Waals surface area contributed by atoms with Crippen LogP contribution in [0.5, 0.6) is 0 Å². The molecule has 0 N–H and O–H groups in total. The monoisotopic (exact) mass is 344 g/mol. The second kappa shape index (κ2) is 8.70. The SMILES string of the molecule is CCCCc1ccc([Si](C)(Cl)c2ccc(CCCC)cc2)cc1. The quantitative estimate of drug-likeness (QED) is 0.450. The van der Waals surface area contributed by atoms with Crippen LogP contribution >= 0.6 is 11.1 Å². The van der Waals surface area contributed by atoms with Crippen molar-refractivity contribution in [2.45, 2.75) is 58.9 Å². The van der Waals surface area contributed by atoms with Crippen LogP contribution in [0.1, 0.15) is 50.7 Å². The number of unbranched alkanes of at least 4 members (excludes halogenated alkanes) is 2. The van der Waals surface area contributed by atoms with E-state index >= 15 is 0 Å². The van der Waals surface area contributed by atoms with Crippen LogP contribution in [0.25, 0.3) is 0 Å². The highest BCUT2D eigenvalue weighted by Gasteiger charge is 2.29. The van der Waals surface area contributed by atoms with Gasteiger partial charge in [0.1, 0.15) is 0 Å². The molecule has 0 saturated carbocycles. The van der Waals surface area contributed by atoms with Crippen LogP contribution in [0.4, 0.5) is 0 Å². The zero-order chi connectivity index (χ0) is 16.7. The molecule has 124 valence electrons. The van der Waals surface area contributed by atoms with Gasteiger partial charge in [-0.05, 0) is 53.7 Å². The van der Waals surface area contributed by atoms with E-state index in [4.69, 9.17) is 11.1 Å². The van der Waals surface area contributed by atoms with E-state index in [1.165, 1.54) is 60.0 Å². The second-order valence-corrected chi connectivity index (χ2v) is 12.0. The molecular weight excluding hydrogens is 316 g/mol. The molecule has 0 saturated heterocycles. The normalized spacial score (nSPS) is 11.7. The van der Waals surface area contributed by atoms with Crippen LogP contribution in [0, 0.1) is 0 Å². The Bertz CT molecular complexity index is 531. The van der Waals surface area contributed by atoms with Crippen molar-refractivity contribution in [2.75, 3.05) is 0 Å². The van der Waals surface area contributed by atoms with Gasteiger partial charge in [-0.2, -0.15) is 11.1 Å². The molecule has 0 nitrogen and oxygen atoms in total. The van der Waals surface area contributed by atoms with Crippen LogP contribution < -0.4 is 10.4 Å². The molecule has 0 radical (unpaired) electrons. The Morgan fingerprint density at radius 3 is 1.35 bits per heavy atom. The van der Waals surface area contributed by atoms with Crippen LogP contribution in [0.15, 0.2) is 48.5 Å². The lowest BCUT2D eigenvalue weighted by Gasteiger charge is -2.21. The molecule has 2 heteroatoms. The molecule has 0 aromatic heterocycles. The molecule has 2 rings (SSSR count). The topological polar surface area (TPSA) is 0 Å². The van der Waals surface area contributed by atoms with Crippen LogP contribution in [0.3, 0.4) is 0 Å². The fourth-order valence-corrected chi connectivity index (χ4v) is 5.57. The molecule has 0 fully saturated rings. The molecule has 0 atom stereocenters.